The van der Waals surface area contributed by atoms with Crippen LogP contribution in [0.2, 0.25) is 0 Å². The fourth-order valence-corrected chi connectivity index (χ4v) is 0.816. The van der Waals surface area contributed by atoms with Gasteiger partial charge in [-0.25, -0.2) is 0 Å². The van der Waals surface area contributed by atoms with E-state index in [4.69, 9.17) is 10.2 Å². The van der Waals surface area contributed by atoms with E-state index in [2.05, 4.69) is 5.32 Å². The predicted molar refractivity (Wildman–Crippen MR) is 45.6 cm³/mol. The van der Waals surface area contributed by atoms with E-state index in [9.17, 15) is 4.79 Å². The Kier molecular flexibility index (Phi) is 6.70. The lowest BCUT2D eigenvalue weighted by atomic mass is 10.2. The summed E-state index contributed by atoms with van der Waals surface area (Å²) in [5.74, 6) is -0.107. The van der Waals surface area contributed by atoms with Crippen LogP contribution >= 0.6 is 0 Å². The lowest BCUT2D eigenvalue weighted by molar-refractivity contribution is -0.122. The van der Waals surface area contributed by atoms with Crippen LogP contribution in [0.5, 0.6) is 0 Å². The summed E-state index contributed by atoms with van der Waals surface area (Å²) in [6, 6.07) is -0.142. The summed E-state index contributed by atoms with van der Waals surface area (Å²) in [6.45, 7) is 1.90. The molecule has 0 fully saturated rings. The van der Waals surface area contributed by atoms with Gasteiger partial charge in [0.15, 0.2) is 0 Å². The first-order chi connectivity index (χ1) is 5.74. The molecule has 0 aromatic rings. The minimum atomic E-state index is -0.142. The fraction of sp³-hybridized carbons (Fsp3) is 0.875. The molecule has 0 aliphatic heterocycles. The molecular weight excluding hydrogens is 158 g/mol. The third-order valence-corrected chi connectivity index (χ3v) is 1.64. The zero-order chi connectivity index (χ0) is 9.40. The highest BCUT2D eigenvalue weighted by Gasteiger charge is 2.07. The number of carbonyl (C=O) groups is 1. The molecule has 3 N–H and O–H groups in total. The molecule has 12 heavy (non-hydrogen) atoms. The van der Waals surface area contributed by atoms with Gasteiger partial charge >= 0.3 is 0 Å². The summed E-state index contributed by atoms with van der Waals surface area (Å²) in [6.07, 6.45) is 1.53. The second-order valence-corrected chi connectivity index (χ2v) is 2.68. The SMILES string of the molecule is CCC(CO)NC(=O)CCCO. The first-order valence-electron chi connectivity index (χ1n) is 4.25. The Hall–Kier alpha value is -0.610. The Balaban J connectivity index is 3.52. The molecule has 0 saturated carbocycles. The molecule has 72 valence electrons. The summed E-state index contributed by atoms with van der Waals surface area (Å²) in [7, 11) is 0. The molecule has 0 spiro atoms. The van der Waals surface area contributed by atoms with Crippen LogP contribution in [0.1, 0.15) is 26.2 Å². The topological polar surface area (TPSA) is 69.6 Å². The summed E-state index contributed by atoms with van der Waals surface area (Å²) >= 11 is 0. The van der Waals surface area contributed by atoms with Gasteiger partial charge in [-0.1, -0.05) is 6.92 Å². The number of hydrogen-bond acceptors (Lipinski definition) is 3. The summed E-state index contributed by atoms with van der Waals surface area (Å²) in [5, 5.41) is 19.8. The number of amides is 1. The van der Waals surface area contributed by atoms with Crippen molar-refractivity contribution in [2.45, 2.75) is 32.2 Å². The quantitative estimate of drug-likeness (QED) is 0.516. The van der Waals surface area contributed by atoms with Crippen LogP contribution in [0, 0.1) is 0 Å². The number of rotatable bonds is 6. The standard InChI is InChI=1S/C8H17NO3/c1-2-7(6-11)9-8(12)4-3-5-10/h7,10-11H,2-6H2,1H3,(H,9,12). The molecule has 0 rings (SSSR count). The van der Waals surface area contributed by atoms with Gasteiger partial charge in [-0.2, -0.15) is 0 Å². The summed E-state index contributed by atoms with van der Waals surface area (Å²) in [5.41, 5.74) is 0. The van der Waals surface area contributed by atoms with E-state index >= 15 is 0 Å². The smallest absolute Gasteiger partial charge is 0.220 e. The number of nitrogens with one attached hydrogen (secondary N) is 1. The highest BCUT2D eigenvalue weighted by Crippen LogP contribution is 1.92. The maximum Gasteiger partial charge on any atom is 0.220 e. The minimum absolute atomic E-state index is 0.0264. The van der Waals surface area contributed by atoms with E-state index in [-0.39, 0.29) is 25.2 Å². The van der Waals surface area contributed by atoms with Crippen LogP contribution < -0.4 is 5.32 Å². The van der Waals surface area contributed by atoms with Crippen molar-refractivity contribution in [1.82, 2.24) is 5.32 Å². The molecule has 1 atom stereocenters. The van der Waals surface area contributed by atoms with Crippen molar-refractivity contribution >= 4 is 5.91 Å². The molecule has 0 heterocycles. The second-order valence-electron chi connectivity index (χ2n) is 2.68. The van der Waals surface area contributed by atoms with Gasteiger partial charge in [0.05, 0.1) is 12.6 Å². The number of aliphatic hydroxyl groups is 2. The molecule has 0 aliphatic carbocycles. The van der Waals surface area contributed by atoms with E-state index in [1.807, 2.05) is 6.92 Å². The average molecular weight is 175 g/mol. The number of hydrogen-bond donors (Lipinski definition) is 3. The minimum Gasteiger partial charge on any atom is -0.396 e. The van der Waals surface area contributed by atoms with Gasteiger partial charge in [0.1, 0.15) is 0 Å². The van der Waals surface area contributed by atoms with Crippen LogP contribution in [0.3, 0.4) is 0 Å². The second kappa shape index (κ2) is 7.06. The molecule has 0 aliphatic rings. The average Bonchev–Trinajstić information content (AvgIpc) is 2.10. The Labute approximate surface area is 72.6 Å². The van der Waals surface area contributed by atoms with Gasteiger partial charge in [0, 0.05) is 13.0 Å². The Morgan fingerprint density at radius 1 is 1.50 bits per heavy atom. The van der Waals surface area contributed by atoms with Gasteiger partial charge < -0.3 is 15.5 Å². The molecule has 0 aromatic heterocycles. The van der Waals surface area contributed by atoms with Crippen LogP contribution in [-0.2, 0) is 4.79 Å². The first-order valence-corrected chi connectivity index (χ1v) is 4.25. The van der Waals surface area contributed by atoms with Crippen molar-refractivity contribution in [2.75, 3.05) is 13.2 Å². The van der Waals surface area contributed by atoms with Crippen molar-refractivity contribution in [1.29, 1.82) is 0 Å². The lowest BCUT2D eigenvalue weighted by Gasteiger charge is -2.13. The van der Waals surface area contributed by atoms with Gasteiger partial charge in [-0.05, 0) is 12.8 Å². The molecule has 1 amide bonds. The first kappa shape index (κ1) is 11.4. The van der Waals surface area contributed by atoms with E-state index < -0.39 is 0 Å². The van der Waals surface area contributed by atoms with Crippen molar-refractivity contribution in [3.63, 3.8) is 0 Å². The van der Waals surface area contributed by atoms with Crippen LogP contribution in [0.4, 0.5) is 0 Å². The van der Waals surface area contributed by atoms with E-state index in [0.717, 1.165) is 6.42 Å². The predicted octanol–water partition coefficient (Wildman–Crippen LogP) is -0.354. The molecule has 1 unspecified atom stereocenters. The van der Waals surface area contributed by atoms with Gasteiger partial charge in [0.25, 0.3) is 0 Å². The molecule has 0 saturated heterocycles. The largest absolute Gasteiger partial charge is 0.396 e. The van der Waals surface area contributed by atoms with Crippen molar-refractivity contribution in [2.24, 2.45) is 0 Å². The van der Waals surface area contributed by atoms with Crippen molar-refractivity contribution in [3.8, 4) is 0 Å². The van der Waals surface area contributed by atoms with Gasteiger partial charge in [-0.3, -0.25) is 4.79 Å². The summed E-state index contributed by atoms with van der Waals surface area (Å²) in [4.78, 5) is 11.0. The third kappa shape index (κ3) is 5.09. The monoisotopic (exact) mass is 175 g/mol. The van der Waals surface area contributed by atoms with Crippen LogP contribution in [0.15, 0.2) is 0 Å². The van der Waals surface area contributed by atoms with Crippen molar-refractivity contribution < 1.29 is 15.0 Å². The third-order valence-electron chi connectivity index (χ3n) is 1.64. The summed E-state index contributed by atoms with van der Waals surface area (Å²) < 4.78 is 0. The van der Waals surface area contributed by atoms with E-state index in [1.54, 1.807) is 0 Å². The number of aliphatic hydroxyl groups excluding tert-OH is 2. The molecule has 0 bridgehead atoms. The lowest BCUT2D eigenvalue weighted by Crippen LogP contribution is -2.36. The van der Waals surface area contributed by atoms with Gasteiger partial charge in [-0.15, -0.1) is 0 Å². The Morgan fingerprint density at radius 2 is 2.17 bits per heavy atom. The molecule has 4 nitrogen and oxygen atoms in total. The van der Waals surface area contributed by atoms with Crippen LogP contribution in [-0.4, -0.2) is 35.4 Å². The zero-order valence-corrected chi connectivity index (χ0v) is 7.42. The molecule has 0 aromatic carbocycles. The van der Waals surface area contributed by atoms with E-state index in [1.165, 1.54) is 0 Å². The fourth-order valence-electron chi connectivity index (χ4n) is 0.816. The normalized spacial score (nSPS) is 12.6. The molecule has 0 radical (unpaired) electrons. The Morgan fingerprint density at radius 3 is 2.58 bits per heavy atom. The van der Waals surface area contributed by atoms with Gasteiger partial charge in [0.2, 0.25) is 5.91 Å². The highest BCUT2D eigenvalue weighted by atomic mass is 16.3. The van der Waals surface area contributed by atoms with E-state index in [0.29, 0.717) is 12.8 Å². The maximum absolute atomic E-state index is 11.0. The maximum atomic E-state index is 11.0. The zero-order valence-electron chi connectivity index (χ0n) is 7.42. The van der Waals surface area contributed by atoms with Crippen molar-refractivity contribution in [3.05, 3.63) is 0 Å². The molecule has 4 heteroatoms. The van der Waals surface area contributed by atoms with Crippen LogP contribution in [0.25, 0.3) is 0 Å². The number of carbonyl (C=O) groups excluding carboxylic acids is 1. The highest BCUT2D eigenvalue weighted by molar-refractivity contribution is 5.76. The Bertz CT molecular complexity index is 123. The molecular formula is C8H17NO3.